The maximum atomic E-state index is 2.52. The SMILES string of the molecule is CN1CC[C@H]2CC[C@H](CC2)C1. The topological polar surface area (TPSA) is 3.24 Å². The van der Waals surface area contributed by atoms with Crippen LogP contribution < -0.4 is 0 Å². The summed E-state index contributed by atoms with van der Waals surface area (Å²) >= 11 is 0. The molecule has 0 N–H and O–H groups in total. The third-order valence-electron chi connectivity index (χ3n) is 3.46. The van der Waals surface area contributed by atoms with Gasteiger partial charge in [-0.15, -0.1) is 0 Å². The van der Waals surface area contributed by atoms with Crippen LogP contribution in [0.2, 0.25) is 0 Å². The Hall–Kier alpha value is -0.0400. The van der Waals surface area contributed by atoms with E-state index in [4.69, 9.17) is 0 Å². The Labute approximate surface area is 69.8 Å². The third-order valence-corrected chi connectivity index (χ3v) is 3.46. The second-order valence-corrected chi connectivity index (χ2v) is 4.44. The minimum absolute atomic E-state index is 1.04. The lowest BCUT2D eigenvalue weighted by molar-refractivity contribution is 0.149. The summed E-state index contributed by atoms with van der Waals surface area (Å²) in [5, 5.41) is 0. The molecule has 0 radical (unpaired) electrons. The highest BCUT2D eigenvalue weighted by atomic mass is 15.1. The van der Waals surface area contributed by atoms with Gasteiger partial charge in [-0.2, -0.15) is 0 Å². The van der Waals surface area contributed by atoms with Gasteiger partial charge in [0.25, 0.3) is 0 Å². The average Bonchev–Trinajstić information content (AvgIpc) is 1.98. The van der Waals surface area contributed by atoms with Crippen molar-refractivity contribution in [2.45, 2.75) is 32.1 Å². The average molecular weight is 153 g/mol. The van der Waals surface area contributed by atoms with Crippen LogP contribution in [0.15, 0.2) is 0 Å². The summed E-state index contributed by atoms with van der Waals surface area (Å²) in [7, 11) is 2.28. The number of hydrogen-bond acceptors (Lipinski definition) is 1. The molecular weight excluding hydrogens is 134 g/mol. The predicted octanol–water partition coefficient (Wildman–Crippen LogP) is 2.13. The van der Waals surface area contributed by atoms with E-state index in [0.717, 1.165) is 11.8 Å². The number of fused-ring (bicyclic) bond motifs is 5. The highest BCUT2D eigenvalue weighted by molar-refractivity contribution is 4.78. The molecule has 0 unspecified atom stereocenters. The van der Waals surface area contributed by atoms with Crippen molar-refractivity contribution >= 4 is 0 Å². The van der Waals surface area contributed by atoms with E-state index in [1.807, 2.05) is 0 Å². The number of hydrogen-bond donors (Lipinski definition) is 0. The number of nitrogens with zero attached hydrogens (tertiary/aromatic N) is 1. The fourth-order valence-electron chi connectivity index (χ4n) is 2.64. The Morgan fingerprint density at radius 3 is 2.27 bits per heavy atom. The van der Waals surface area contributed by atoms with E-state index in [9.17, 15) is 0 Å². The molecule has 2 heterocycles. The van der Waals surface area contributed by atoms with Crippen LogP contribution in [0.1, 0.15) is 32.1 Å². The highest BCUT2D eigenvalue weighted by Crippen LogP contribution is 2.33. The zero-order valence-electron chi connectivity index (χ0n) is 7.55. The highest BCUT2D eigenvalue weighted by Gasteiger charge is 2.24. The van der Waals surface area contributed by atoms with Gasteiger partial charge in [0, 0.05) is 6.54 Å². The second-order valence-electron chi connectivity index (χ2n) is 4.44. The third kappa shape index (κ3) is 1.76. The minimum atomic E-state index is 1.04. The van der Waals surface area contributed by atoms with Gasteiger partial charge in [0.05, 0.1) is 0 Å². The van der Waals surface area contributed by atoms with Crippen LogP contribution in [-0.2, 0) is 0 Å². The zero-order valence-corrected chi connectivity index (χ0v) is 7.55. The normalized spacial score (nSPS) is 40.1. The molecule has 0 aromatic rings. The second kappa shape index (κ2) is 3.14. The Morgan fingerprint density at radius 2 is 1.55 bits per heavy atom. The first kappa shape index (κ1) is 7.60. The van der Waals surface area contributed by atoms with Crippen molar-refractivity contribution in [2.24, 2.45) is 11.8 Å². The first-order valence-corrected chi connectivity index (χ1v) is 5.03. The summed E-state index contributed by atoms with van der Waals surface area (Å²) in [6.45, 7) is 2.72. The maximum Gasteiger partial charge on any atom is 0.000661 e. The molecule has 11 heavy (non-hydrogen) atoms. The summed E-state index contributed by atoms with van der Waals surface area (Å²) in [6.07, 6.45) is 7.53. The lowest BCUT2D eigenvalue weighted by Crippen LogP contribution is -2.34. The lowest BCUT2D eigenvalue weighted by Gasteiger charge is -2.35. The first-order chi connectivity index (χ1) is 5.34. The van der Waals surface area contributed by atoms with E-state index in [1.54, 1.807) is 0 Å². The quantitative estimate of drug-likeness (QED) is 0.515. The van der Waals surface area contributed by atoms with E-state index in [0.29, 0.717) is 0 Å². The molecule has 1 aliphatic carbocycles. The van der Waals surface area contributed by atoms with Gasteiger partial charge in [-0.1, -0.05) is 12.8 Å². The van der Waals surface area contributed by atoms with Gasteiger partial charge in [0.2, 0.25) is 0 Å². The molecule has 2 aliphatic heterocycles. The molecule has 2 saturated heterocycles. The first-order valence-electron chi connectivity index (χ1n) is 5.03. The van der Waals surface area contributed by atoms with Crippen LogP contribution >= 0.6 is 0 Å². The van der Waals surface area contributed by atoms with Crippen LogP contribution in [-0.4, -0.2) is 25.0 Å². The van der Waals surface area contributed by atoms with Gasteiger partial charge in [0.15, 0.2) is 0 Å². The van der Waals surface area contributed by atoms with Crippen LogP contribution in [0.5, 0.6) is 0 Å². The van der Waals surface area contributed by atoms with Crippen LogP contribution in [0.4, 0.5) is 0 Å². The van der Waals surface area contributed by atoms with Gasteiger partial charge in [0.1, 0.15) is 0 Å². The monoisotopic (exact) mass is 153 g/mol. The van der Waals surface area contributed by atoms with Gasteiger partial charge in [-0.25, -0.2) is 0 Å². The molecule has 2 bridgehead atoms. The fraction of sp³-hybridized carbons (Fsp3) is 1.00. The molecule has 64 valence electrons. The fourth-order valence-corrected chi connectivity index (χ4v) is 2.64. The van der Waals surface area contributed by atoms with E-state index >= 15 is 0 Å². The Balaban J connectivity index is 1.97. The molecule has 1 saturated carbocycles. The molecule has 1 nitrogen and oxygen atoms in total. The van der Waals surface area contributed by atoms with Crippen LogP contribution in [0.25, 0.3) is 0 Å². The van der Waals surface area contributed by atoms with Crippen LogP contribution in [0.3, 0.4) is 0 Å². The minimum Gasteiger partial charge on any atom is -0.306 e. The molecule has 0 aromatic carbocycles. The van der Waals surface area contributed by atoms with Crippen molar-refractivity contribution in [1.29, 1.82) is 0 Å². The van der Waals surface area contributed by atoms with Gasteiger partial charge < -0.3 is 4.90 Å². The van der Waals surface area contributed by atoms with Crippen molar-refractivity contribution in [2.75, 3.05) is 20.1 Å². The summed E-state index contributed by atoms with van der Waals surface area (Å²) in [6, 6.07) is 0. The molecule has 0 atom stereocenters. The largest absolute Gasteiger partial charge is 0.306 e. The van der Waals surface area contributed by atoms with Crippen LogP contribution in [0, 0.1) is 11.8 Å². The molecule has 1 heteroatoms. The molecule has 0 aromatic heterocycles. The van der Waals surface area contributed by atoms with E-state index in [1.165, 1.54) is 45.2 Å². The van der Waals surface area contributed by atoms with Crippen molar-refractivity contribution in [3.8, 4) is 0 Å². The van der Waals surface area contributed by atoms with Gasteiger partial charge in [-0.3, -0.25) is 0 Å². The maximum absolute atomic E-state index is 2.52. The molecule has 0 spiro atoms. The molecular formula is C10H19N. The Kier molecular flexibility index (Phi) is 2.17. The summed E-state index contributed by atoms with van der Waals surface area (Å²) in [5.41, 5.74) is 0. The predicted molar refractivity (Wildman–Crippen MR) is 47.6 cm³/mol. The van der Waals surface area contributed by atoms with Gasteiger partial charge in [-0.05, 0) is 44.7 Å². The smallest absolute Gasteiger partial charge is 0.000661 e. The van der Waals surface area contributed by atoms with E-state index in [-0.39, 0.29) is 0 Å². The Morgan fingerprint density at radius 1 is 0.909 bits per heavy atom. The lowest BCUT2D eigenvalue weighted by atomic mass is 9.79. The molecule has 3 fully saturated rings. The molecule has 3 rings (SSSR count). The standard InChI is InChI=1S/C10H19N/c1-11-7-6-9-2-4-10(8-11)5-3-9/h9-10H,2-8H2,1H3/t9-,10+. The van der Waals surface area contributed by atoms with E-state index in [2.05, 4.69) is 11.9 Å². The van der Waals surface area contributed by atoms with Crippen molar-refractivity contribution in [1.82, 2.24) is 4.90 Å². The summed E-state index contributed by atoms with van der Waals surface area (Å²) < 4.78 is 0. The van der Waals surface area contributed by atoms with E-state index < -0.39 is 0 Å². The van der Waals surface area contributed by atoms with Gasteiger partial charge >= 0.3 is 0 Å². The van der Waals surface area contributed by atoms with Crippen molar-refractivity contribution in [3.63, 3.8) is 0 Å². The Bertz CT molecular complexity index is 125. The molecule has 3 aliphatic rings. The summed E-state index contributed by atoms with van der Waals surface area (Å²) in [5.74, 6) is 2.12. The zero-order chi connectivity index (χ0) is 7.68. The number of rotatable bonds is 0. The van der Waals surface area contributed by atoms with Crippen molar-refractivity contribution < 1.29 is 0 Å². The summed E-state index contributed by atoms with van der Waals surface area (Å²) in [4.78, 5) is 2.52. The van der Waals surface area contributed by atoms with Crippen molar-refractivity contribution in [3.05, 3.63) is 0 Å². The molecule has 0 amide bonds.